The van der Waals surface area contributed by atoms with Crippen LogP contribution < -0.4 is 0 Å². The molecule has 0 unspecified atom stereocenters. The summed E-state index contributed by atoms with van der Waals surface area (Å²) in [4.78, 5) is 13.8. The second kappa shape index (κ2) is 6.61. The van der Waals surface area contributed by atoms with Crippen LogP contribution in [-0.2, 0) is 11.3 Å². The van der Waals surface area contributed by atoms with Gasteiger partial charge in [0.25, 0.3) is 5.91 Å². The molecule has 0 spiro atoms. The van der Waals surface area contributed by atoms with E-state index >= 15 is 0 Å². The molecule has 0 saturated carbocycles. The van der Waals surface area contributed by atoms with Gasteiger partial charge in [-0.15, -0.1) is 11.6 Å². The van der Waals surface area contributed by atoms with Crippen molar-refractivity contribution in [2.75, 3.05) is 19.5 Å². The Hall–Kier alpha value is -1.07. The zero-order valence-corrected chi connectivity index (χ0v) is 11.0. The monoisotopic (exact) mass is 260 g/mol. The molecule has 0 atom stereocenters. The van der Waals surface area contributed by atoms with Crippen LogP contribution in [-0.4, -0.2) is 41.5 Å². The minimum Gasteiger partial charge on any atom is -0.377 e. The Bertz CT molecular complexity index is 365. The van der Waals surface area contributed by atoms with Crippen molar-refractivity contribution in [1.82, 2.24) is 10.1 Å². The Labute approximate surface area is 106 Å². The van der Waals surface area contributed by atoms with Crippen LogP contribution in [0.4, 0.5) is 0 Å². The van der Waals surface area contributed by atoms with E-state index in [1.165, 1.54) is 0 Å². The van der Waals surface area contributed by atoms with E-state index in [1.54, 1.807) is 18.1 Å². The molecule has 1 aromatic heterocycles. The van der Waals surface area contributed by atoms with Crippen molar-refractivity contribution in [3.63, 3.8) is 0 Å². The fourth-order valence-corrected chi connectivity index (χ4v) is 1.64. The first kappa shape index (κ1) is 14.0. The highest BCUT2D eigenvalue weighted by Gasteiger charge is 2.21. The first-order valence-electron chi connectivity index (χ1n) is 5.41. The average molecular weight is 261 g/mol. The number of halogens is 1. The number of carbonyl (C=O) groups is 1. The highest BCUT2D eigenvalue weighted by molar-refractivity contribution is 6.18. The normalized spacial score (nSPS) is 10.9. The summed E-state index contributed by atoms with van der Waals surface area (Å²) in [6.07, 6.45) is 0. The Morgan fingerprint density at radius 3 is 2.88 bits per heavy atom. The topological polar surface area (TPSA) is 55.6 Å². The number of methoxy groups -OCH3 is 1. The number of alkyl halides is 1. The molecule has 0 bridgehead atoms. The number of ether oxygens (including phenoxy) is 1. The summed E-state index contributed by atoms with van der Waals surface area (Å²) in [7, 11) is 1.55. The largest absolute Gasteiger partial charge is 0.377 e. The van der Waals surface area contributed by atoms with Gasteiger partial charge in [-0.3, -0.25) is 4.79 Å². The van der Waals surface area contributed by atoms with Gasteiger partial charge >= 0.3 is 0 Å². The van der Waals surface area contributed by atoms with E-state index in [0.29, 0.717) is 24.8 Å². The minimum absolute atomic E-state index is 0.0730. The molecule has 1 aromatic rings. The summed E-state index contributed by atoms with van der Waals surface area (Å²) in [5.41, 5.74) is 0.288. The standard InChI is InChI=1S/C11H17ClN2O3/c1-8(2)14(5-4-12)11(15)10-6-9(7-16-3)17-13-10/h6,8H,4-5,7H2,1-3H3. The van der Waals surface area contributed by atoms with Gasteiger partial charge in [-0.25, -0.2) is 0 Å². The maximum atomic E-state index is 12.1. The van der Waals surface area contributed by atoms with Crippen molar-refractivity contribution in [2.24, 2.45) is 0 Å². The summed E-state index contributed by atoms with van der Waals surface area (Å²) in [5, 5.41) is 3.73. The zero-order chi connectivity index (χ0) is 12.8. The third kappa shape index (κ3) is 3.71. The second-order valence-corrected chi connectivity index (χ2v) is 4.27. The molecular formula is C11H17ClN2O3. The minimum atomic E-state index is -0.174. The molecule has 0 radical (unpaired) electrons. The van der Waals surface area contributed by atoms with Gasteiger partial charge in [0.15, 0.2) is 11.5 Å². The number of carbonyl (C=O) groups excluding carboxylic acids is 1. The summed E-state index contributed by atoms with van der Waals surface area (Å²) >= 11 is 5.67. The van der Waals surface area contributed by atoms with E-state index in [9.17, 15) is 4.79 Å². The number of hydrogen-bond donors (Lipinski definition) is 0. The van der Waals surface area contributed by atoms with Crippen LogP contribution >= 0.6 is 11.6 Å². The van der Waals surface area contributed by atoms with E-state index < -0.39 is 0 Å². The molecular weight excluding hydrogens is 244 g/mol. The summed E-state index contributed by atoms with van der Waals surface area (Å²) in [5.74, 6) is 0.754. The van der Waals surface area contributed by atoms with Crippen LogP contribution in [0.5, 0.6) is 0 Å². The van der Waals surface area contributed by atoms with Crippen LogP contribution in [0.3, 0.4) is 0 Å². The molecule has 1 rings (SSSR count). The number of aromatic nitrogens is 1. The number of hydrogen-bond acceptors (Lipinski definition) is 4. The van der Waals surface area contributed by atoms with Gasteiger partial charge in [-0.05, 0) is 13.8 Å². The Balaban J connectivity index is 2.78. The van der Waals surface area contributed by atoms with Crippen molar-refractivity contribution in [3.8, 4) is 0 Å². The fraction of sp³-hybridized carbons (Fsp3) is 0.636. The van der Waals surface area contributed by atoms with Gasteiger partial charge in [0.1, 0.15) is 6.61 Å². The van der Waals surface area contributed by atoms with Crippen molar-refractivity contribution in [1.29, 1.82) is 0 Å². The molecule has 0 aromatic carbocycles. The maximum Gasteiger partial charge on any atom is 0.276 e. The van der Waals surface area contributed by atoms with E-state index in [-0.39, 0.29) is 17.6 Å². The quantitative estimate of drug-likeness (QED) is 0.733. The van der Waals surface area contributed by atoms with Crippen LogP contribution in [0.2, 0.25) is 0 Å². The summed E-state index contributed by atoms with van der Waals surface area (Å²) in [6.45, 7) is 4.66. The predicted molar refractivity (Wildman–Crippen MR) is 64.1 cm³/mol. The number of amides is 1. The molecule has 1 amide bonds. The molecule has 0 N–H and O–H groups in total. The lowest BCUT2D eigenvalue weighted by atomic mass is 10.2. The second-order valence-electron chi connectivity index (χ2n) is 3.89. The molecule has 1 heterocycles. The van der Waals surface area contributed by atoms with Gasteiger partial charge in [-0.2, -0.15) is 0 Å². The first-order valence-corrected chi connectivity index (χ1v) is 5.95. The smallest absolute Gasteiger partial charge is 0.276 e. The van der Waals surface area contributed by atoms with Gasteiger partial charge in [0, 0.05) is 31.6 Å². The van der Waals surface area contributed by atoms with Crippen molar-refractivity contribution in [3.05, 3.63) is 17.5 Å². The molecule has 0 fully saturated rings. The molecule has 96 valence electrons. The van der Waals surface area contributed by atoms with Crippen molar-refractivity contribution >= 4 is 17.5 Å². The average Bonchev–Trinajstić information content (AvgIpc) is 2.73. The Morgan fingerprint density at radius 1 is 1.65 bits per heavy atom. The van der Waals surface area contributed by atoms with Gasteiger partial charge in [0.05, 0.1) is 0 Å². The lowest BCUT2D eigenvalue weighted by Gasteiger charge is -2.24. The zero-order valence-electron chi connectivity index (χ0n) is 10.3. The van der Waals surface area contributed by atoms with Gasteiger partial charge < -0.3 is 14.2 Å². The molecule has 17 heavy (non-hydrogen) atoms. The van der Waals surface area contributed by atoms with E-state index in [1.807, 2.05) is 13.8 Å². The molecule has 6 heteroatoms. The molecule has 0 aliphatic carbocycles. The highest BCUT2D eigenvalue weighted by Crippen LogP contribution is 2.10. The lowest BCUT2D eigenvalue weighted by Crippen LogP contribution is -2.38. The Kier molecular flexibility index (Phi) is 5.44. The summed E-state index contributed by atoms with van der Waals surface area (Å²) in [6, 6.07) is 1.67. The highest BCUT2D eigenvalue weighted by atomic mass is 35.5. The lowest BCUT2D eigenvalue weighted by molar-refractivity contribution is 0.0707. The third-order valence-corrected chi connectivity index (χ3v) is 2.44. The molecule has 5 nitrogen and oxygen atoms in total. The maximum absolute atomic E-state index is 12.1. The van der Waals surface area contributed by atoms with Crippen molar-refractivity contribution < 1.29 is 14.1 Å². The van der Waals surface area contributed by atoms with E-state index in [0.717, 1.165) is 0 Å². The predicted octanol–water partition coefficient (Wildman–Crippen LogP) is 1.91. The SMILES string of the molecule is COCc1cc(C(=O)N(CCCl)C(C)C)no1. The molecule has 0 saturated heterocycles. The molecule has 0 aliphatic rings. The first-order chi connectivity index (χ1) is 8.10. The van der Waals surface area contributed by atoms with E-state index in [4.69, 9.17) is 20.9 Å². The van der Waals surface area contributed by atoms with E-state index in [2.05, 4.69) is 5.16 Å². The van der Waals surface area contributed by atoms with Gasteiger partial charge in [0.2, 0.25) is 0 Å². The summed E-state index contributed by atoms with van der Waals surface area (Å²) < 4.78 is 9.88. The van der Waals surface area contributed by atoms with Crippen LogP contribution in [0.25, 0.3) is 0 Å². The number of rotatable bonds is 6. The van der Waals surface area contributed by atoms with Crippen LogP contribution in [0.1, 0.15) is 30.1 Å². The fourth-order valence-electron chi connectivity index (χ4n) is 1.46. The third-order valence-electron chi connectivity index (χ3n) is 2.27. The van der Waals surface area contributed by atoms with Crippen LogP contribution in [0.15, 0.2) is 10.6 Å². The molecule has 0 aliphatic heterocycles. The van der Waals surface area contributed by atoms with Crippen LogP contribution in [0, 0.1) is 0 Å². The van der Waals surface area contributed by atoms with Crippen molar-refractivity contribution in [2.45, 2.75) is 26.5 Å². The van der Waals surface area contributed by atoms with Gasteiger partial charge in [-0.1, -0.05) is 5.16 Å². The Morgan fingerprint density at radius 2 is 2.35 bits per heavy atom. The number of nitrogens with zero attached hydrogens (tertiary/aromatic N) is 2.